The summed E-state index contributed by atoms with van der Waals surface area (Å²) in [5.74, 6) is 1.12. The molecule has 0 saturated heterocycles. The Bertz CT molecular complexity index is 685. The zero-order valence-corrected chi connectivity index (χ0v) is 14.2. The molecule has 2 unspecified atom stereocenters. The zero-order valence-electron chi connectivity index (χ0n) is 14.2. The largest absolute Gasteiger partial charge is 0.508 e. The smallest absolute Gasteiger partial charge is 0.119 e. The Balaban J connectivity index is 1.61. The van der Waals surface area contributed by atoms with E-state index in [-0.39, 0.29) is 23.3 Å². The van der Waals surface area contributed by atoms with E-state index >= 15 is 0 Å². The SMILES string of the molecule is CC1(C)c2cc(O)ccc2CC(OCCOc2ccccc2)C1N. The van der Waals surface area contributed by atoms with E-state index in [0.29, 0.717) is 13.2 Å². The molecule has 2 aromatic carbocycles. The number of fused-ring (bicyclic) bond motifs is 1. The van der Waals surface area contributed by atoms with Crippen LogP contribution >= 0.6 is 0 Å². The Labute approximate surface area is 143 Å². The number of nitrogens with two attached hydrogens (primary N) is 1. The molecule has 2 aromatic rings. The average molecular weight is 327 g/mol. The molecule has 0 aliphatic heterocycles. The molecule has 128 valence electrons. The van der Waals surface area contributed by atoms with Gasteiger partial charge in [-0.15, -0.1) is 0 Å². The standard InChI is InChI=1S/C20H25NO3/c1-20(2)17-13-15(22)9-8-14(17)12-18(19(20)21)24-11-10-23-16-6-4-3-5-7-16/h3-9,13,18-19,22H,10-12,21H2,1-2H3. The van der Waals surface area contributed by atoms with E-state index in [4.69, 9.17) is 15.2 Å². The van der Waals surface area contributed by atoms with E-state index in [1.807, 2.05) is 42.5 Å². The van der Waals surface area contributed by atoms with Gasteiger partial charge in [-0.1, -0.05) is 38.1 Å². The van der Waals surface area contributed by atoms with Gasteiger partial charge in [0.05, 0.1) is 12.7 Å². The van der Waals surface area contributed by atoms with Crippen LogP contribution in [0.3, 0.4) is 0 Å². The normalized spacial score (nSPS) is 22.0. The summed E-state index contributed by atoms with van der Waals surface area (Å²) >= 11 is 0. The van der Waals surface area contributed by atoms with Crippen molar-refractivity contribution in [2.45, 2.75) is 37.8 Å². The second-order valence-corrected chi connectivity index (χ2v) is 6.86. The minimum absolute atomic E-state index is 0.0589. The summed E-state index contributed by atoms with van der Waals surface area (Å²) in [4.78, 5) is 0. The molecule has 4 nitrogen and oxygen atoms in total. The lowest BCUT2D eigenvalue weighted by molar-refractivity contribution is -0.000585. The number of hydrogen-bond donors (Lipinski definition) is 2. The van der Waals surface area contributed by atoms with E-state index in [1.165, 1.54) is 5.56 Å². The minimum Gasteiger partial charge on any atom is -0.508 e. The Hall–Kier alpha value is -2.04. The molecule has 24 heavy (non-hydrogen) atoms. The fourth-order valence-electron chi connectivity index (χ4n) is 3.37. The van der Waals surface area contributed by atoms with Crippen molar-refractivity contribution in [1.82, 2.24) is 0 Å². The summed E-state index contributed by atoms with van der Waals surface area (Å²) in [6.07, 6.45) is 0.697. The third kappa shape index (κ3) is 3.40. The number of phenols is 1. The maximum Gasteiger partial charge on any atom is 0.119 e. The second kappa shape index (κ2) is 6.83. The maximum absolute atomic E-state index is 9.77. The quantitative estimate of drug-likeness (QED) is 0.829. The van der Waals surface area contributed by atoms with E-state index in [9.17, 15) is 5.11 Å². The molecule has 0 spiro atoms. The first-order valence-corrected chi connectivity index (χ1v) is 8.36. The molecule has 0 fully saturated rings. The molecular formula is C20H25NO3. The van der Waals surface area contributed by atoms with Gasteiger partial charge in [-0.3, -0.25) is 0 Å². The number of para-hydroxylation sites is 1. The number of rotatable bonds is 5. The Morgan fingerprint density at radius 3 is 2.62 bits per heavy atom. The van der Waals surface area contributed by atoms with Crippen molar-refractivity contribution in [2.24, 2.45) is 5.73 Å². The number of ether oxygens (including phenoxy) is 2. The van der Waals surface area contributed by atoms with Crippen LogP contribution in [0.5, 0.6) is 11.5 Å². The van der Waals surface area contributed by atoms with Gasteiger partial charge in [0, 0.05) is 17.9 Å². The highest BCUT2D eigenvalue weighted by Gasteiger charge is 2.41. The first-order chi connectivity index (χ1) is 11.5. The summed E-state index contributed by atoms with van der Waals surface area (Å²) in [5, 5.41) is 9.77. The predicted molar refractivity (Wildman–Crippen MR) is 94.5 cm³/mol. The molecule has 3 N–H and O–H groups in total. The van der Waals surface area contributed by atoms with E-state index in [2.05, 4.69) is 13.8 Å². The average Bonchev–Trinajstić information content (AvgIpc) is 2.58. The fraction of sp³-hybridized carbons (Fsp3) is 0.400. The Kier molecular flexibility index (Phi) is 4.78. The summed E-state index contributed by atoms with van der Waals surface area (Å²) in [7, 11) is 0. The number of benzene rings is 2. The minimum atomic E-state index is -0.253. The van der Waals surface area contributed by atoms with Gasteiger partial charge in [0.1, 0.15) is 18.1 Å². The van der Waals surface area contributed by atoms with Crippen LogP contribution in [0.4, 0.5) is 0 Å². The van der Waals surface area contributed by atoms with Gasteiger partial charge in [-0.05, 0) is 35.4 Å². The predicted octanol–water partition coefficient (Wildman–Crippen LogP) is 3.02. The van der Waals surface area contributed by atoms with Crippen LogP contribution in [0.25, 0.3) is 0 Å². The van der Waals surface area contributed by atoms with Crippen molar-refractivity contribution in [3.8, 4) is 11.5 Å². The summed E-state index contributed by atoms with van der Waals surface area (Å²) in [6, 6.07) is 15.1. The molecule has 0 bridgehead atoms. The van der Waals surface area contributed by atoms with Gasteiger partial charge in [-0.25, -0.2) is 0 Å². The number of aromatic hydroxyl groups is 1. The fourth-order valence-corrected chi connectivity index (χ4v) is 3.37. The lowest BCUT2D eigenvalue weighted by Crippen LogP contribution is -2.54. The lowest BCUT2D eigenvalue weighted by Gasteiger charge is -2.43. The number of hydrogen-bond acceptors (Lipinski definition) is 4. The van der Waals surface area contributed by atoms with Gasteiger partial charge < -0.3 is 20.3 Å². The van der Waals surface area contributed by atoms with Gasteiger partial charge >= 0.3 is 0 Å². The van der Waals surface area contributed by atoms with E-state index in [1.54, 1.807) is 6.07 Å². The summed E-state index contributed by atoms with van der Waals surface area (Å²) < 4.78 is 11.7. The maximum atomic E-state index is 9.77. The Morgan fingerprint density at radius 2 is 1.88 bits per heavy atom. The molecule has 3 rings (SSSR count). The van der Waals surface area contributed by atoms with Crippen molar-refractivity contribution in [1.29, 1.82) is 0 Å². The van der Waals surface area contributed by atoms with Crippen molar-refractivity contribution in [2.75, 3.05) is 13.2 Å². The van der Waals surface area contributed by atoms with Crippen molar-refractivity contribution in [3.05, 3.63) is 59.7 Å². The molecular weight excluding hydrogens is 302 g/mol. The molecule has 1 aliphatic carbocycles. The van der Waals surface area contributed by atoms with Crippen LogP contribution < -0.4 is 10.5 Å². The molecule has 4 heteroatoms. The van der Waals surface area contributed by atoms with E-state index in [0.717, 1.165) is 17.7 Å². The molecule has 1 aliphatic rings. The van der Waals surface area contributed by atoms with Crippen LogP contribution in [0.1, 0.15) is 25.0 Å². The monoisotopic (exact) mass is 327 g/mol. The van der Waals surface area contributed by atoms with Crippen molar-refractivity contribution < 1.29 is 14.6 Å². The molecule has 0 radical (unpaired) electrons. The second-order valence-electron chi connectivity index (χ2n) is 6.86. The summed E-state index contributed by atoms with van der Waals surface area (Å²) in [5.41, 5.74) is 8.51. The molecule has 0 saturated carbocycles. The molecule has 0 aromatic heterocycles. The Morgan fingerprint density at radius 1 is 1.12 bits per heavy atom. The third-order valence-corrected chi connectivity index (χ3v) is 4.87. The lowest BCUT2D eigenvalue weighted by atomic mass is 9.68. The van der Waals surface area contributed by atoms with Gasteiger partial charge in [0.15, 0.2) is 0 Å². The number of phenolic OH excluding ortho intramolecular Hbond substituents is 1. The van der Waals surface area contributed by atoms with Gasteiger partial charge in [0.25, 0.3) is 0 Å². The van der Waals surface area contributed by atoms with Crippen LogP contribution in [-0.4, -0.2) is 30.5 Å². The topological polar surface area (TPSA) is 64.7 Å². The van der Waals surface area contributed by atoms with Gasteiger partial charge in [0.2, 0.25) is 0 Å². The van der Waals surface area contributed by atoms with Crippen molar-refractivity contribution >= 4 is 0 Å². The van der Waals surface area contributed by atoms with Gasteiger partial charge in [-0.2, -0.15) is 0 Å². The highest BCUT2D eigenvalue weighted by atomic mass is 16.5. The molecule has 0 amide bonds. The van der Waals surface area contributed by atoms with Crippen LogP contribution in [0, 0.1) is 0 Å². The molecule has 2 atom stereocenters. The van der Waals surface area contributed by atoms with Crippen LogP contribution in [-0.2, 0) is 16.6 Å². The van der Waals surface area contributed by atoms with Crippen LogP contribution in [0.2, 0.25) is 0 Å². The summed E-state index contributed by atoms with van der Waals surface area (Å²) in [6.45, 7) is 5.20. The van der Waals surface area contributed by atoms with Crippen LogP contribution in [0.15, 0.2) is 48.5 Å². The molecule has 0 heterocycles. The highest BCUT2D eigenvalue weighted by molar-refractivity contribution is 5.43. The third-order valence-electron chi connectivity index (χ3n) is 4.87. The highest BCUT2D eigenvalue weighted by Crippen LogP contribution is 2.38. The first kappa shape index (κ1) is 16.8. The van der Waals surface area contributed by atoms with E-state index < -0.39 is 0 Å². The van der Waals surface area contributed by atoms with Crippen molar-refractivity contribution in [3.63, 3.8) is 0 Å². The first-order valence-electron chi connectivity index (χ1n) is 8.36. The zero-order chi connectivity index (χ0) is 17.2.